The molecule has 6 nitrogen and oxygen atoms in total. The normalized spacial score (nSPS) is 13.5. The molecule has 34 heavy (non-hydrogen) atoms. The third-order valence-corrected chi connectivity index (χ3v) is 6.67. The number of carbonyl (C=O) groups is 2. The Bertz CT molecular complexity index is 1210. The lowest BCUT2D eigenvalue weighted by molar-refractivity contribution is 0.0742. The predicted octanol–water partition coefficient (Wildman–Crippen LogP) is 5.57. The minimum Gasteiger partial charge on any atom is -0.495 e. The number of methoxy groups -OCH3 is 1. The van der Waals surface area contributed by atoms with Crippen molar-refractivity contribution in [1.29, 1.82) is 0 Å². The van der Waals surface area contributed by atoms with E-state index in [1.54, 1.807) is 23.1 Å². The van der Waals surface area contributed by atoms with Gasteiger partial charge in [0.1, 0.15) is 11.6 Å². The van der Waals surface area contributed by atoms with E-state index in [4.69, 9.17) is 4.74 Å². The number of hydrogen-bond donors (Lipinski definition) is 1. The first-order valence-electron chi connectivity index (χ1n) is 10.6. The number of benzene rings is 3. The molecule has 9 heteroatoms. The Morgan fingerprint density at radius 3 is 2.26 bits per heavy atom. The van der Waals surface area contributed by atoms with E-state index in [0.717, 1.165) is 10.2 Å². The number of rotatable bonds is 5. The number of nitrogens with one attached hydrogen (secondary N) is 1. The molecule has 1 N–H and O–H groups in total. The lowest BCUT2D eigenvalue weighted by atomic mass is 10.1. The van der Waals surface area contributed by atoms with Crippen molar-refractivity contribution in [2.45, 2.75) is 0 Å². The van der Waals surface area contributed by atoms with Gasteiger partial charge in [-0.1, -0.05) is 28.1 Å². The Morgan fingerprint density at radius 2 is 1.62 bits per heavy atom. The van der Waals surface area contributed by atoms with Crippen molar-refractivity contribution in [1.82, 2.24) is 4.90 Å². The van der Waals surface area contributed by atoms with E-state index in [2.05, 4.69) is 42.1 Å². The molecule has 2 amide bonds. The molecule has 3 aromatic rings. The van der Waals surface area contributed by atoms with E-state index < -0.39 is 5.82 Å². The Balaban J connectivity index is 1.38. The van der Waals surface area contributed by atoms with Gasteiger partial charge >= 0.3 is 0 Å². The standard InChI is InChI=1S/C25H22Br2FN3O3/c1-34-23-20(14-16(26)15-21(23)27)24(32)29-17-6-8-18(9-7-17)30-10-12-31(13-11-30)25(33)19-4-2-3-5-22(19)28/h2-9,14-15H,10-13H2,1H3,(H,29,32). The second-order valence-corrected chi connectivity index (χ2v) is 9.50. The van der Waals surface area contributed by atoms with Gasteiger partial charge in [-0.2, -0.15) is 0 Å². The van der Waals surface area contributed by atoms with Crippen LogP contribution in [0.4, 0.5) is 15.8 Å². The van der Waals surface area contributed by atoms with Crippen molar-refractivity contribution in [3.63, 3.8) is 0 Å². The van der Waals surface area contributed by atoms with Gasteiger partial charge < -0.3 is 19.9 Å². The summed E-state index contributed by atoms with van der Waals surface area (Å²) in [7, 11) is 1.52. The van der Waals surface area contributed by atoms with Crippen molar-refractivity contribution in [2.24, 2.45) is 0 Å². The maximum Gasteiger partial charge on any atom is 0.259 e. The first kappa shape index (κ1) is 24.2. The highest BCUT2D eigenvalue weighted by atomic mass is 79.9. The van der Waals surface area contributed by atoms with Gasteiger partial charge in [0.15, 0.2) is 0 Å². The highest BCUT2D eigenvalue weighted by Gasteiger charge is 2.24. The largest absolute Gasteiger partial charge is 0.495 e. The number of nitrogens with zero attached hydrogens (tertiary/aromatic N) is 2. The molecule has 176 valence electrons. The van der Waals surface area contributed by atoms with Crippen molar-refractivity contribution in [2.75, 3.05) is 43.5 Å². The minimum absolute atomic E-state index is 0.102. The predicted molar refractivity (Wildman–Crippen MR) is 137 cm³/mol. The fourth-order valence-corrected chi connectivity index (χ4v) is 5.25. The number of halogens is 3. The fraction of sp³-hybridized carbons (Fsp3) is 0.200. The van der Waals surface area contributed by atoms with E-state index in [-0.39, 0.29) is 17.4 Å². The van der Waals surface area contributed by atoms with Gasteiger partial charge in [0, 0.05) is 42.0 Å². The monoisotopic (exact) mass is 589 g/mol. The van der Waals surface area contributed by atoms with Crippen LogP contribution >= 0.6 is 31.9 Å². The van der Waals surface area contributed by atoms with Crippen LogP contribution in [-0.4, -0.2) is 50.0 Å². The zero-order chi connectivity index (χ0) is 24.2. The van der Waals surface area contributed by atoms with Crippen LogP contribution in [0.1, 0.15) is 20.7 Å². The topological polar surface area (TPSA) is 61.9 Å². The van der Waals surface area contributed by atoms with E-state index in [9.17, 15) is 14.0 Å². The van der Waals surface area contributed by atoms with Gasteiger partial charge in [0.05, 0.1) is 22.7 Å². The molecule has 0 spiro atoms. The van der Waals surface area contributed by atoms with E-state index in [1.165, 1.54) is 19.2 Å². The molecule has 3 aromatic carbocycles. The second kappa shape index (κ2) is 10.6. The maximum atomic E-state index is 14.0. The molecule has 1 heterocycles. The zero-order valence-electron chi connectivity index (χ0n) is 18.4. The molecule has 0 unspecified atom stereocenters. The van der Waals surface area contributed by atoms with Crippen molar-refractivity contribution >= 4 is 55.0 Å². The molecule has 0 bridgehead atoms. The van der Waals surface area contributed by atoms with Crippen LogP contribution < -0.4 is 15.0 Å². The number of ether oxygens (including phenoxy) is 1. The van der Waals surface area contributed by atoms with Gasteiger partial charge in [0.2, 0.25) is 0 Å². The van der Waals surface area contributed by atoms with E-state index in [0.29, 0.717) is 47.7 Å². The van der Waals surface area contributed by atoms with Crippen molar-refractivity contribution in [3.05, 3.63) is 86.6 Å². The van der Waals surface area contributed by atoms with Crippen LogP contribution in [0.2, 0.25) is 0 Å². The number of amides is 2. The van der Waals surface area contributed by atoms with Crippen LogP contribution in [-0.2, 0) is 0 Å². The molecule has 0 radical (unpaired) electrons. The molecule has 0 atom stereocenters. The summed E-state index contributed by atoms with van der Waals surface area (Å²) < 4.78 is 20.8. The summed E-state index contributed by atoms with van der Waals surface area (Å²) in [6, 6.07) is 17.1. The number of piperazine rings is 1. The molecular weight excluding hydrogens is 569 g/mol. The molecule has 1 fully saturated rings. The SMILES string of the molecule is COc1c(Br)cc(Br)cc1C(=O)Nc1ccc(N2CCN(C(=O)c3ccccc3F)CC2)cc1. The van der Waals surface area contributed by atoms with E-state index in [1.807, 2.05) is 30.3 Å². The van der Waals surface area contributed by atoms with Gasteiger partial charge in [-0.25, -0.2) is 4.39 Å². The third kappa shape index (κ3) is 5.26. The first-order chi connectivity index (χ1) is 16.4. The summed E-state index contributed by atoms with van der Waals surface area (Å²) in [6.45, 7) is 2.27. The average Bonchev–Trinajstić information content (AvgIpc) is 2.84. The van der Waals surface area contributed by atoms with Crippen LogP contribution in [0.3, 0.4) is 0 Å². The summed E-state index contributed by atoms with van der Waals surface area (Å²) >= 11 is 6.81. The van der Waals surface area contributed by atoms with Crippen LogP contribution in [0.15, 0.2) is 69.6 Å². The van der Waals surface area contributed by atoms with Crippen molar-refractivity contribution < 1.29 is 18.7 Å². The van der Waals surface area contributed by atoms with Gasteiger partial charge in [-0.05, 0) is 64.5 Å². The van der Waals surface area contributed by atoms with Gasteiger partial charge in [-0.3, -0.25) is 9.59 Å². The van der Waals surface area contributed by atoms with E-state index >= 15 is 0 Å². The smallest absolute Gasteiger partial charge is 0.259 e. The molecule has 0 saturated carbocycles. The molecule has 0 aromatic heterocycles. The van der Waals surface area contributed by atoms with Crippen LogP contribution in [0.25, 0.3) is 0 Å². The van der Waals surface area contributed by atoms with Crippen LogP contribution in [0, 0.1) is 5.82 Å². The molecule has 1 aliphatic heterocycles. The molecule has 4 rings (SSSR count). The van der Waals surface area contributed by atoms with Crippen molar-refractivity contribution in [3.8, 4) is 5.75 Å². The number of hydrogen-bond acceptors (Lipinski definition) is 4. The zero-order valence-corrected chi connectivity index (χ0v) is 21.5. The second-order valence-electron chi connectivity index (χ2n) is 7.73. The summed E-state index contributed by atoms with van der Waals surface area (Å²) in [4.78, 5) is 29.3. The lowest BCUT2D eigenvalue weighted by Crippen LogP contribution is -2.49. The van der Waals surface area contributed by atoms with Gasteiger partial charge in [-0.15, -0.1) is 0 Å². The quantitative estimate of drug-likeness (QED) is 0.422. The Morgan fingerprint density at radius 1 is 0.941 bits per heavy atom. The first-order valence-corrected chi connectivity index (χ1v) is 12.2. The number of carbonyl (C=O) groups excluding carboxylic acids is 2. The Hall–Kier alpha value is -2.91. The summed E-state index contributed by atoms with van der Waals surface area (Å²) in [5.41, 5.74) is 2.15. The molecule has 0 aliphatic carbocycles. The average molecular weight is 591 g/mol. The lowest BCUT2D eigenvalue weighted by Gasteiger charge is -2.36. The van der Waals surface area contributed by atoms with Crippen LogP contribution in [0.5, 0.6) is 5.75 Å². The van der Waals surface area contributed by atoms with Gasteiger partial charge in [0.25, 0.3) is 11.8 Å². The molecule has 1 aliphatic rings. The summed E-state index contributed by atoms with van der Waals surface area (Å²) in [5.74, 6) is -0.613. The molecular formula is C25H22Br2FN3O3. The fourth-order valence-electron chi connectivity index (χ4n) is 3.86. The third-order valence-electron chi connectivity index (χ3n) is 5.62. The Kier molecular flexibility index (Phi) is 7.53. The Labute approximate surface area is 214 Å². The highest BCUT2D eigenvalue weighted by Crippen LogP contribution is 2.33. The summed E-state index contributed by atoms with van der Waals surface area (Å²) in [6.07, 6.45) is 0. The maximum absolute atomic E-state index is 14.0. The highest BCUT2D eigenvalue weighted by molar-refractivity contribution is 9.11. The number of anilines is 2. The molecule has 1 saturated heterocycles. The minimum atomic E-state index is -0.500. The summed E-state index contributed by atoms with van der Waals surface area (Å²) in [5, 5.41) is 2.90.